The fourth-order valence-electron chi connectivity index (χ4n) is 2.60. The Labute approximate surface area is 132 Å². The molecule has 1 aliphatic rings. The second-order valence-electron chi connectivity index (χ2n) is 5.10. The van der Waals surface area contributed by atoms with E-state index in [-0.39, 0.29) is 5.91 Å². The van der Waals surface area contributed by atoms with Gasteiger partial charge in [0.05, 0.1) is 16.9 Å². The van der Waals surface area contributed by atoms with Gasteiger partial charge in [-0.3, -0.25) is 4.79 Å². The maximum Gasteiger partial charge on any atom is 0.278 e. The van der Waals surface area contributed by atoms with Gasteiger partial charge in [0.15, 0.2) is 0 Å². The van der Waals surface area contributed by atoms with Crippen molar-refractivity contribution < 1.29 is 4.79 Å². The van der Waals surface area contributed by atoms with Gasteiger partial charge in [0.2, 0.25) is 0 Å². The van der Waals surface area contributed by atoms with E-state index in [0.717, 1.165) is 29.7 Å². The first kappa shape index (κ1) is 14.4. The summed E-state index contributed by atoms with van der Waals surface area (Å²) in [5.41, 5.74) is 3.06. The van der Waals surface area contributed by atoms with Gasteiger partial charge in [-0.1, -0.05) is 28.4 Å². The third kappa shape index (κ3) is 2.30. The van der Waals surface area contributed by atoms with Gasteiger partial charge in [0.25, 0.3) is 5.91 Å². The van der Waals surface area contributed by atoms with Crippen LogP contribution in [0.4, 0.5) is 5.69 Å². The second kappa shape index (κ2) is 5.31. The number of aryl methyl sites for hydroxylation is 1. The van der Waals surface area contributed by atoms with Crippen molar-refractivity contribution in [2.24, 2.45) is 7.05 Å². The molecule has 3 rings (SSSR count). The van der Waals surface area contributed by atoms with Crippen molar-refractivity contribution in [3.8, 4) is 0 Å². The molecule has 0 saturated carbocycles. The lowest BCUT2D eigenvalue weighted by atomic mass is 9.99. The summed E-state index contributed by atoms with van der Waals surface area (Å²) in [5.74, 6) is -0.139. The van der Waals surface area contributed by atoms with E-state index in [1.165, 1.54) is 10.9 Å². The van der Waals surface area contributed by atoms with Gasteiger partial charge in [-0.25, -0.2) is 4.68 Å². The van der Waals surface area contributed by atoms with Crippen LogP contribution in [0.2, 0.25) is 10.0 Å². The highest BCUT2D eigenvalue weighted by molar-refractivity contribution is 6.37. The van der Waals surface area contributed by atoms with Crippen molar-refractivity contribution in [2.45, 2.75) is 19.8 Å². The molecule has 2 heterocycles. The average molecular weight is 325 g/mol. The molecule has 0 atom stereocenters. The fourth-order valence-corrected chi connectivity index (χ4v) is 3.14. The van der Waals surface area contributed by atoms with Crippen LogP contribution in [0.1, 0.15) is 28.0 Å². The molecule has 0 saturated heterocycles. The SMILES string of the molecule is Cc1c(Cl)cc2c(c1Cl)CCCN2C(=O)c1cnnn1C. The van der Waals surface area contributed by atoms with Crippen molar-refractivity contribution in [3.63, 3.8) is 0 Å². The number of anilines is 1. The minimum Gasteiger partial charge on any atom is -0.307 e. The number of carbonyl (C=O) groups is 1. The Morgan fingerprint density at radius 1 is 1.38 bits per heavy atom. The lowest BCUT2D eigenvalue weighted by molar-refractivity contribution is 0.0976. The lowest BCUT2D eigenvalue weighted by Gasteiger charge is -2.30. The molecule has 0 N–H and O–H groups in total. The van der Waals surface area contributed by atoms with E-state index in [1.54, 1.807) is 11.9 Å². The van der Waals surface area contributed by atoms with Gasteiger partial charge in [-0.15, -0.1) is 5.10 Å². The molecule has 0 bridgehead atoms. The Balaban J connectivity index is 2.09. The average Bonchev–Trinajstić information content (AvgIpc) is 2.90. The van der Waals surface area contributed by atoms with Gasteiger partial charge in [0.1, 0.15) is 5.69 Å². The van der Waals surface area contributed by atoms with Gasteiger partial charge in [-0.2, -0.15) is 0 Å². The number of nitrogens with zero attached hydrogens (tertiary/aromatic N) is 4. The van der Waals surface area contributed by atoms with E-state index in [0.29, 0.717) is 22.3 Å². The molecule has 0 aliphatic carbocycles. The van der Waals surface area contributed by atoms with Crippen LogP contribution >= 0.6 is 23.2 Å². The highest BCUT2D eigenvalue weighted by atomic mass is 35.5. The van der Waals surface area contributed by atoms with Gasteiger partial charge >= 0.3 is 0 Å². The van der Waals surface area contributed by atoms with E-state index in [1.807, 2.05) is 13.0 Å². The molecular weight excluding hydrogens is 311 g/mol. The summed E-state index contributed by atoms with van der Waals surface area (Å²) in [6, 6.07) is 1.82. The van der Waals surface area contributed by atoms with E-state index >= 15 is 0 Å². The van der Waals surface area contributed by atoms with Crippen LogP contribution in [-0.4, -0.2) is 27.4 Å². The van der Waals surface area contributed by atoms with Crippen LogP contribution in [0, 0.1) is 6.92 Å². The molecule has 1 aliphatic heterocycles. The van der Waals surface area contributed by atoms with E-state index in [2.05, 4.69) is 10.3 Å². The Hall–Kier alpha value is -1.59. The lowest BCUT2D eigenvalue weighted by Crippen LogP contribution is -2.36. The van der Waals surface area contributed by atoms with E-state index in [9.17, 15) is 4.79 Å². The van der Waals surface area contributed by atoms with Gasteiger partial charge < -0.3 is 4.90 Å². The molecule has 1 amide bonds. The fraction of sp³-hybridized carbons (Fsp3) is 0.357. The highest BCUT2D eigenvalue weighted by Crippen LogP contribution is 2.39. The summed E-state index contributed by atoms with van der Waals surface area (Å²) >= 11 is 12.6. The number of hydrogen-bond donors (Lipinski definition) is 0. The maximum absolute atomic E-state index is 12.7. The van der Waals surface area contributed by atoms with Crippen LogP contribution in [0.3, 0.4) is 0 Å². The molecule has 0 spiro atoms. The third-order valence-electron chi connectivity index (χ3n) is 3.80. The smallest absolute Gasteiger partial charge is 0.278 e. The zero-order valence-electron chi connectivity index (χ0n) is 11.7. The Morgan fingerprint density at radius 2 is 2.14 bits per heavy atom. The summed E-state index contributed by atoms with van der Waals surface area (Å²) in [4.78, 5) is 14.4. The number of carbonyl (C=O) groups excluding carboxylic acids is 1. The van der Waals surface area contributed by atoms with Crippen molar-refractivity contribution in [3.05, 3.63) is 39.1 Å². The topological polar surface area (TPSA) is 51.0 Å². The Morgan fingerprint density at radius 3 is 2.81 bits per heavy atom. The summed E-state index contributed by atoms with van der Waals surface area (Å²) in [7, 11) is 1.69. The molecule has 0 radical (unpaired) electrons. The number of aromatic nitrogens is 3. The first-order chi connectivity index (χ1) is 10.0. The Kier molecular flexibility index (Phi) is 3.63. The third-order valence-corrected chi connectivity index (χ3v) is 4.71. The summed E-state index contributed by atoms with van der Waals surface area (Å²) < 4.78 is 1.47. The van der Waals surface area contributed by atoms with Crippen molar-refractivity contribution in [1.29, 1.82) is 0 Å². The van der Waals surface area contributed by atoms with Crippen molar-refractivity contribution in [1.82, 2.24) is 15.0 Å². The molecule has 5 nitrogen and oxygen atoms in total. The molecule has 110 valence electrons. The largest absolute Gasteiger partial charge is 0.307 e. The summed E-state index contributed by atoms with van der Waals surface area (Å²) in [5, 5.41) is 8.78. The molecule has 0 unspecified atom stereocenters. The van der Waals surface area contributed by atoms with Crippen LogP contribution in [-0.2, 0) is 13.5 Å². The van der Waals surface area contributed by atoms with Crippen LogP contribution in [0.15, 0.2) is 12.3 Å². The molecule has 21 heavy (non-hydrogen) atoms. The number of benzene rings is 1. The van der Waals surface area contributed by atoms with Crippen molar-refractivity contribution >= 4 is 34.8 Å². The van der Waals surface area contributed by atoms with Crippen LogP contribution < -0.4 is 4.90 Å². The number of amides is 1. The molecular formula is C14H14Cl2N4O. The molecule has 2 aromatic rings. The van der Waals surface area contributed by atoms with Gasteiger partial charge in [0, 0.05) is 18.6 Å². The number of hydrogen-bond acceptors (Lipinski definition) is 3. The monoisotopic (exact) mass is 324 g/mol. The predicted molar refractivity (Wildman–Crippen MR) is 82.2 cm³/mol. The second-order valence-corrected chi connectivity index (χ2v) is 5.88. The minimum atomic E-state index is -0.139. The Bertz CT molecular complexity index is 726. The quantitative estimate of drug-likeness (QED) is 0.810. The van der Waals surface area contributed by atoms with Crippen LogP contribution in [0.5, 0.6) is 0 Å². The predicted octanol–water partition coefficient (Wildman–Crippen LogP) is 3.02. The molecule has 1 aromatic heterocycles. The first-order valence-electron chi connectivity index (χ1n) is 6.64. The zero-order valence-corrected chi connectivity index (χ0v) is 13.2. The maximum atomic E-state index is 12.7. The standard InChI is InChI=1S/C14H14Cl2N4O/c1-8-10(15)6-11-9(13(8)16)4-3-5-20(11)14(21)12-7-17-18-19(12)2/h6-7H,3-5H2,1-2H3. The first-order valence-corrected chi connectivity index (χ1v) is 7.40. The number of fused-ring (bicyclic) bond motifs is 1. The summed E-state index contributed by atoms with van der Waals surface area (Å²) in [6.07, 6.45) is 3.18. The molecule has 7 heteroatoms. The number of rotatable bonds is 1. The molecule has 0 fully saturated rings. The highest BCUT2D eigenvalue weighted by Gasteiger charge is 2.28. The van der Waals surface area contributed by atoms with E-state index < -0.39 is 0 Å². The normalized spacial score (nSPS) is 14.2. The number of halogens is 2. The van der Waals surface area contributed by atoms with Crippen LogP contribution in [0.25, 0.3) is 0 Å². The van der Waals surface area contributed by atoms with E-state index in [4.69, 9.17) is 23.2 Å². The summed E-state index contributed by atoms with van der Waals surface area (Å²) in [6.45, 7) is 2.52. The van der Waals surface area contributed by atoms with Crippen molar-refractivity contribution in [2.75, 3.05) is 11.4 Å². The van der Waals surface area contributed by atoms with Gasteiger partial charge in [-0.05, 0) is 37.0 Å². The molecule has 1 aromatic carbocycles. The zero-order chi connectivity index (χ0) is 15.1. The minimum absolute atomic E-state index is 0.139.